The minimum absolute atomic E-state index is 0.0819. The normalized spacial score (nSPS) is 13.9. The van der Waals surface area contributed by atoms with Crippen LogP contribution in [0.3, 0.4) is 0 Å². The van der Waals surface area contributed by atoms with E-state index < -0.39 is 5.97 Å². The number of hydrogen-bond donors (Lipinski definition) is 1. The number of esters is 1. The smallest absolute Gasteiger partial charge is 0.343 e. The Hall–Kier alpha value is -3.19. The number of benzene rings is 1. The quantitative estimate of drug-likeness (QED) is 0.518. The van der Waals surface area contributed by atoms with E-state index in [4.69, 9.17) is 10.5 Å². The molecule has 1 aliphatic carbocycles. The fourth-order valence-corrected chi connectivity index (χ4v) is 4.70. The molecule has 29 heavy (non-hydrogen) atoms. The number of carbonyl (C=O) groups excluding carboxylic acids is 1. The number of nitrogens with zero attached hydrogens (tertiary/aromatic N) is 2. The maximum Gasteiger partial charge on any atom is 0.343 e. The summed E-state index contributed by atoms with van der Waals surface area (Å²) in [6.07, 6.45) is 3.86. The number of carbonyl (C=O) groups is 1. The number of fused-ring (bicyclic) bond motifs is 2. The minimum Gasteiger partial charge on any atom is -0.465 e. The Morgan fingerprint density at radius 1 is 1.28 bits per heavy atom. The lowest BCUT2D eigenvalue weighted by atomic mass is 9.96. The Kier molecular flexibility index (Phi) is 3.96. The van der Waals surface area contributed by atoms with Crippen LogP contribution in [0.5, 0.6) is 0 Å². The summed E-state index contributed by atoms with van der Waals surface area (Å²) in [4.78, 5) is 29.5. The van der Waals surface area contributed by atoms with Gasteiger partial charge in [0.15, 0.2) is 5.13 Å². The Bertz CT molecular complexity index is 1370. The van der Waals surface area contributed by atoms with Crippen molar-refractivity contribution in [2.45, 2.75) is 25.7 Å². The Morgan fingerprint density at radius 2 is 2.07 bits per heavy atom. The molecule has 1 saturated carbocycles. The summed E-state index contributed by atoms with van der Waals surface area (Å²) in [5.74, 6) is -0.233. The van der Waals surface area contributed by atoms with Gasteiger partial charge in [0.05, 0.1) is 22.8 Å². The third-order valence-corrected chi connectivity index (χ3v) is 6.42. The van der Waals surface area contributed by atoms with Gasteiger partial charge in [-0.3, -0.25) is 9.20 Å². The summed E-state index contributed by atoms with van der Waals surface area (Å²) in [5.41, 5.74) is 11.4. The SMILES string of the molecule is COC(=O)c1cc(C2CC2)c2c(C)c(-c3ccc4sc(N)nc4c3)ccn2c1=O. The van der Waals surface area contributed by atoms with Gasteiger partial charge in [-0.25, -0.2) is 9.78 Å². The fraction of sp³-hybridized carbons (Fsp3) is 0.227. The molecule has 6 nitrogen and oxygen atoms in total. The van der Waals surface area contributed by atoms with Crippen LogP contribution in [0.25, 0.3) is 26.9 Å². The van der Waals surface area contributed by atoms with E-state index in [-0.39, 0.29) is 11.1 Å². The zero-order valence-electron chi connectivity index (χ0n) is 16.1. The topological polar surface area (TPSA) is 86.7 Å². The highest BCUT2D eigenvalue weighted by molar-refractivity contribution is 7.22. The van der Waals surface area contributed by atoms with Crippen LogP contribution in [0.2, 0.25) is 0 Å². The highest BCUT2D eigenvalue weighted by Crippen LogP contribution is 2.43. The number of thiazole rings is 1. The van der Waals surface area contributed by atoms with Crippen LogP contribution in [0.4, 0.5) is 5.13 Å². The molecule has 1 aliphatic rings. The van der Waals surface area contributed by atoms with Gasteiger partial charge in [-0.05, 0) is 72.2 Å². The average Bonchev–Trinajstić information content (AvgIpc) is 3.48. The van der Waals surface area contributed by atoms with Crippen molar-refractivity contribution in [3.05, 3.63) is 63.6 Å². The van der Waals surface area contributed by atoms with Crippen LogP contribution >= 0.6 is 11.3 Å². The summed E-state index contributed by atoms with van der Waals surface area (Å²) in [6, 6.07) is 9.74. The molecule has 1 aromatic carbocycles. The molecule has 2 N–H and O–H groups in total. The van der Waals surface area contributed by atoms with Crippen LogP contribution in [0, 0.1) is 6.92 Å². The van der Waals surface area contributed by atoms with Crippen molar-refractivity contribution in [3.8, 4) is 11.1 Å². The van der Waals surface area contributed by atoms with Gasteiger partial charge in [-0.1, -0.05) is 17.4 Å². The maximum absolute atomic E-state index is 12.9. The molecular weight excluding hydrogens is 386 g/mol. The molecule has 3 heterocycles. The number of aryl methyl sites for hydroxylation is 1. The highest BCUT2D eigenvalue weighted by atomic mass is 32.1. The van der Waals surface area contributed by atoms with Gasteiger partial charge >= 0.3 is 5.97 Å². The monoisotopic (exact) mass is 405 g/mol. The number of nitrogen functional groups attached to an aromatic ring is 1. The predicted molar refractivity (Wildman–Crippen MR) is 115 cm³/mol. The van der Waals surface area contributed by atoms with Crippen molar-refractivity contribution in [2.24, 2.45) is 0 Å². The van der Waals surface area contributed by atoms with Gasteiger partial charge < -0.3 is 10.5 Å². The molecule has 0 atom stereocenters. The minimum atomic E-state index is -0.598. The van der Waals surface area contributed by atoms with E-state index in [1.54, 1.807) is 16.7 Å². The lowest BCUT2D eigenvalue weighted by molar-refractivity contribution is 0.0598. The van der Waals surface area contributed by atoms with Crippen LogP contribution in [-0.4, -0.2) is 22.5 Å². The Morgan fingerprint density at radius 3 is 2.79 bits per heavy atom. The van der Waals surface area contributed by atoms with E-state index in [1.165, 1.54) is 18.4 Å². The first-order valence-electron chi connectivity index (χ1n) is 9.41. The van der Waals surface area contributed by atoms with Gasteiger partial charge in [-0.15, -0.1) is 0 Å². The average molecular weight is 405 g/mol. The number of ether oxygens (including phenoxy) is 1. The second-order valence-electron chi connectivity index (χ2n) is 7.39. The number of hydrogen-bond acceptors (Lipinski definition) is 6. The second kappa shape index (κ2) is 6.42. The van der Waals surface area contributed by atoms with Crippen molar-refractivity contribution < 1.29 is 9.53 Å². The van der Waals surface area contributed by atoms with E-state index in [0.29, 0.717) is 11.0 Å². The summed E-state index contributed by atoms with van der Waals surface area (Å²) >= 11 is 1.46. The van der Waals surface area contributed by atoms with E-state index in [9.17, 15) is 9.59 Å². The van der Waals surface area contributed by atoms with E-state index in [0.717, 1.165) is 50.8 Å². The molecule has 0 spiro atoms. The molecule has 3 aromatic heterocycles. The number of anilines is 1. The van der Waals surface area contributed by atoms with Gasteiger partial charge in [0.1, 0.15) is 5.56 Å². The standard InChI is InChI=1S/C22H19N3O3S/c1-11-14(13-5-6-18-17(9-13)24-22(23)29-18)7-8-25-19(11)15(12-3-4-12)10-16(20(25)26)21(27)28-2/h5-10,12H,3-4H2,1-2H3,(H2,23,24). The maximum atomic E-state index is 12.9. The molecule has 0 saturated heterocycles. The Labute approximate surface area is 170 Å². The van der Waals surface area contributed by atoms with Gasteiger partial charge in [0.25, 0.3) is 5.56 Å². The van der Waals surface area contributed by atoms with Crippen molar-refractivity contribution >= 4 is 38.2 Å². The number of rotatable bonds is 3. The summed E-state index contributed by atoms with van der Waals surface area (Å²) in [6.45, 7) is 2.02. The van der Waals surface area contributed by atoms with Crippen molar-refractivity contribution in [1.29, 1.82) is 0 Å². The lowest BCUT2D eigenvalue weighted by Crippen LogP contribution is -2.24. The van der Waals surface area contributed by atoms with Crippen molar-refractivity contribution in [2.75, 3.05) is 12.8 Å². The van der Waals surface area contributed by atoms with Crippen LogP contribution in [0.1, 0.15) is 40.2 Å². The van der Waals surface area contributed by atoms with Gasteiger partial charge in [-0.2, -0.15) is 0 Å². The molecule has 1 fully saturated rings. The molecule has 0 unspecified atom stereocenters. The number of methoxy groups -OCH3 is 1. The first kappa shape index (κ1) is 17.9. The van der Waals surface area contributed by atoms with E-state index in [1.807, 2.05) is 25.1 Å². The molecule has 0 bridgehead atoms. The van der Waals surface area contributed by atoms with Gasteiger partial charge in [0.2, 0.25) is 0 Å². The summed E-state index contributed by atoms with van der Waals surface area (Å²) in [7, 11) is 1.29. The molecule has 146 valence electrons. The highest BCUT2D eigenvalue weighted by Gasteiger charge is 2.29. The largest absolute Gasteiger partial charge is 0.465 e. The first-order valence-corrected chi connectivity index (χ1v) is 10.2. The second-order valence-corrected chi connectivity index (χ2v) is 8.45. The van der Waals surface area contributed by atoms with Crippen LogP contribution < -0.4 is 11.3 Å². The number of pyridine rings is 2. The third kappa shape index (κ3) is 2.81. The molecular formula is C22H19N3O3S. The molecule has 0 radical (unpaired) electrons. The van der Waals surface area contributed by atoms with E-state index in [2.05, 4.69) is 11.1 Å². The molecule has 0 amide bonds. The zero-order chi connectivity index (χ0) is 20.3. The summed E-state index contributed by atoms with van der Waals surface area (Å²) < 4.78 is 7.44. The third-order valence-electron chi connectivity index (χ3n) is 5.55. The number of nitrogens with two attached hydrogens (primary N) is 1. The van der Waals surface area contributed by atoms with Crippen molar-refractivity contribution in [3.63, 3.8) is 0 Å². The van der Waals surface area contributed by atoms with E-state index >= 15 is 0 Å². The molecule has 0 aliphatic heterocycles. The molecule has 5 rings (SSSR count). The zero-order valence-corrected chi connectivity index (χ0v) is 16.9. The lowest BCUT2D eigenvalue weighted by Gasteiger charge is -2.15. The number of aromatic nitrogens is 2. The van der Waals surface area contributed by atoms with Crippen molar-refractivity contribution in [1.82, 2.24) is 9.38 Å². The van der Waals surface area contributed by atoms with Crippen LogP contribution in [0.15, 0.2) is 41.3 Å². The molecule has 4 aromatic rings. The summed E-state index contributed by atoms with van der Waals surface area (Å²) in [5, 5.41) is 0.547. The first-order chi connectivity index (χ1) is 14.0. The Balaban J connectivity index is 1.78. The fourth-order valence-electron chi connectivity index (χ4n) is 3.98. The molecule has 7 heteroatoms. The van der Waals surface area contributed by atoms with Gasteiger partial charge in [0, 0.05) is 6.20 Å². The van der Waals surface area contributed by atoms with Crippen LogP contribution in [-0.2, 0) is 4.74 Å². The predicted octanol–water partition coefficient (Wildman–Crippen LogP) is 4.13.